The molecule has 1 aromatic rings. The Hall–Kier alpha value is -1.16. The van der Waals surface area contributed by atoms with Crippen LogP contribution in [-0.2, 0) is 4.74 Å². The van der Waals surface area contributed by atoms with Crippen molar-refractivity contribution in [2.75, 3.05) is 6.61 Å². The van der Waals surface area contributed by atoms with Gasteiger partial charge in [-0.05, 0) is 41.6 Å². The second kappa shape index (κ2) is 5.07. The number of carbonyl (C=O) groups excluding carboxylic acids is 1. The quantitative estimate of drug-likeness (QED) is 0.622. The minimum absolute atomic E-state index is 0.0917. The molecule has 0 fully saturated rings. The Balaban J connectivity index is 3.23. The Bertz CT molecular complexity index is 440. The van der Waals surface area contributed by atoms with E-state index in [0.717, 1.165) is 6.07 Å². The highest BCUT2D eigenvalue weighted by atomic mass is 127. The van der Waals surface area contributed by atoms with Crippen LogP contribution in [-0.4, -0.2) is 12.6 Å². The lowest BCUT2D eigenvalue weighted by molar-refractivity contribution is 0.0524. The van der Waals surface area contributed by atoms with Crippen molar-refractivity contribution in [2.45, 2.75) is 6.92 Å². The van der Waals surface area contributed by atoms with E-state index in [4.69, 9.17) is 10.00 Å². The van der Waals surface area contributed by atoms with Crippen molar-refractivity contribution in [3.05, 3.63) is 32.6 Å². The predicted molar refractivity (Wildman–Crippen MR) is 59.8 cm³/mol. The number of ether oxygens (including phenoxy) is 1. The first kappa shape index (κ1) is 11.9. The summed E-state index contributed by atoms with van der Waals surface area (Å²) in [4.78, 5) is 11.4. The third kappa shape index (κ3) is 2.65. The van der Waals surface area contributed by atoms with Gasteiger partial charge in [-0.1, -0.05) is 0 Å². The number of rotatable bonds is 2. The summed E-state index contributed by atoms with van der Waals surface area (Å²) in [6.07, 6.45) is 0. The molecule has 5 heteroatoms. The fourth-order valence-electron chi connectivity index (χ4n) is 1.01. The summed E-state index contributed by atoms with van der Waals surface area (Å²) >= 11 is 1.71. The predicted octanol–water partition coefficient (Wildman–Crippen LogP) is 2.48. The standard InChI is InChI=1S/C10H7FINO2/c1-2-15-10(14)7-3-6(5-13)4-8(11)9(7)12/h3-4H,2H2,1H3. The lowest BCUT2D eigenvalue weighted by Gasteiger charge is -2.05. The molecule has 0 radical (unpaired) electrons. The topological polar surface area (TPSA) is 50.1 Å². The van der Waals surface area contributed by atoms with Gasteiger partial charge in [0.05, 0.1) is 27.4 Å². The molecule has 15 heavy (non-hydrogen) atoms. The Morgan fingerprint density at radius 3 is 2.87 bits per heavy atom. The van der Waals surface area contributed by atoms with Gasteiger partial charge in [-0.2, -0.15) is 5.26 Å². The van der Waals surface area contributed by atoms with E-state index in [1.807, 2.05) is 0 Å². The van der Waals surface area contributed by atoms with E-state index in [9.17, 15) is 9.18 Å². The SMILES string of the molecule is CCOC(=O)c1cc(C#N)cc(F)c1I. The fourth-order valence-corrected chi connectivity index (χ4v) is 1.54. The van der Waals surface area contributed by atoms with E-state index in [1.54, 1.807) is 35.6 Å². The second-order valence-electron chi connectivity index (χ2n) is 2.65. The molecule has 0 amide bonds. The van der Waals surface area contributed by atoms with Crippen LogP contribution >= 0.6 is 22.6 Å². The smallest absolute Gasteiger partial charge is 0.339 e. The highest BCUT2D eigenvalue weighted by Crippen LogP contribution is 2.19. The molecule has 0 unspecified atom stereocenters. The van der Waals surface area contributed by atoms with Gasteiger partial charge < -0.3 is 4.74 Å². The van der Waals surface area contributed by atoms with E-state index < -0.39 is 11.8 Å². The number of carbonyl (C=O) groups is 1. The summed E-state index contributed by atoms with van der Waals surface area (Å²) in [5.41, 5.74) is 0.199. The normalized spacial score (nSPS) is 9.47. The molecule has 0 spiro atoms. The first-order valence-corrected chi connectivity index (χ1v) is 5.24. The van der Waals surface area contributed by atoms with Crippen LogP contribution in [0.25, 0.3) is 0 Å². The summed E-state index contributed by atoms with van der Waals surface area (Å²) in [6, 6.07) is 4.19. The highest BCUT2D eigenvalue weighted by molar-refractivity contribution is 14.1. The van der Waals surface area contributed by atoms with Gasteiger partial charge in [0.15, 0.2) is 0 Å². The van der Waals surface area contributed by atoms with Gasteiger partial charge in [-0.15, -0.1) is 0 Å². The summed E-state index contributed by atoms with van der Waals surface area (Å²) in [5, 5.41) is 8.62. The van der Waals surface area contributed by atoms with Crippen molar-refractivity contribution >= 4 is 28.6 Å². The van der Waals surface area contributed by atoms with Gasteiger partial charge in [0.25, 0.3) is 0 Å². The highest BCUT2D eigenvalue weighted by Gasteiger charge is 2.15. The molecular weight excluding hydrogens is 312 g/mol. The van der Waals surface area contributed by atoms with Crippen molar-refractivity contribution in [1.82, 2.24) is 0 Å². The maximum absolute atomic E-state index is 13.3. The van der Waals surface area contributed by atoms with Crippen LogP contribution in [0.2, 0.25) is 0 Å². The Labute approximate surface area is 100.0 Å². The van der Waals surface area contributed by atoms with E-state index in [0.29, 0.717) is 0 Å². The first-order valence-electron chi connectivity index (χ1n) is 4.16. The van der Waals surface area contributed by atoms with E-state index in [2.05, 4.69) is 0 Å². The summed E-state index contributed by atoms with van der Waals surface area (Å²) in [6.45, 7) is 1.88. The van der Waals surface area contributed by atoms with Gasteiger partial charge in [0.1, 0.15) is 5.82 Å². The zero-order chi connectivity index (χ0) is 11.4. The van der Waals surface area contributed by atoms with Crippen molar-refractivity contribution in [3.8, 4) is 6.07 Å². The van der Waals surface area contributed by atoms with Crippen LogP contribution in [0.1, 0.15) is 22.8 Å². The molecular formula is C10H7FINO2. The Morgan fingerprint density at radius 1 is 1.67 bits per heavy atom. The molecule has 0 heterocycles. The number of nitrogens with zero attached hydrogens (tertiary/aromatic N) is 1. The van der Waals surface area contributed by atoms with Crippen LogP contribution in [0.3, 0.4) is 0 Å². The number of halogens is 2. The van der Waals surface area contributed by atoms with Crippen molar-refractivity contribution in [1.29, 1.82) is 5.26 Å². The molecule has 0 bridgehead atoms. The molecule has 0 saturated carbocycles. The van der Waals surface area contributed by atoms with Crippen LogP contribution in [0.4, 0.5) is 4.39 Å². The molecule has 0 atom stereocenters. The average Bonchev–Trinajstić information content (AvgIpc) is 2.22. The van der Waals surface area contributed by atoms with Crippen LogP contribution in [0.5, 0.6) is 0 Å². The molecule has 0 aliphatic heterocycles. The lowest BCUT2D eigenvalue weighted by atomic mass is 10.1. The minimum Gasteiger partial charge on any atom is -0.462 e. The van der Waals surface area contributed by atoms with Crippen molar-refractivity contribution < 1.29 is 13.9 Å². The van der Waals surface area contributed by atoms with Crippen molar-refractivity contribution in [3.63, 3.8) is 0 Å². The van der Waals surface area contributed by atoms with Gasteiger partial charge in [0, 0.05) is 0 Å². The summed E-state index contributed by atoms with van der Waals surface area (Å²) < 4.78 is 18.2. The Kier molecular flexibility index (Phi) is 4.03. The zero-order valence-electron chi connectivity index (χ0n) is 7.88. The van der Waals surface area contributed by atoms with E-state index >= 15 is 0 Å². The third-order valence-corrected chi connectivity index (χ3v) is 2.75. The van der Waals surface area contributed by atoms with Gasteiger partial charge in [0.2, 0.25) is 0 Å². The lowest BCUT2D eigenvalue weighted by Crippen LogP contribution is -2.08. The maximum atomic E-state index is 13.3. The van der Waals surface area contributed by atoms with Crippen molar-refractivity contribution in [2.24, 2.45) is 0 Å². The largest absolute Gasteiger partial charge is 0.462 e. The summed E-state index contributed by atoms with van der Waals surface area (Å²) in [5.74, 6) is -1.20. The molecule has 1 rings (SSSR count). The van der Waals surface area contributed by atoms with E-state index in [-0.39, 0.29) is 21.3 Å². The Morgan fingerprint density at radius 2 is 2.33 bits per heavy atom. The molecule has 78 valence electrons. The number of hydrogen-bond acceptors (Lipinski definition) is 3. The van der Waals surface area contributed by atoms with Crippen LogP contribution in [0, 0.1) is 20.7 Å². The fraction of sp³-hybridized carbons (Fsp3) is 0.200. The summed E-state index contributed by atoms with van der Waals surface area (Å²) in [7, 11) is 0. The molecule has 0 aliphatic rings. The maximum Gasteiger partial charge on any atom is 0.339 e. The number of nitriles is 1. The minimum atomic E-state index is -0.613. The molecule has 0 N–H and O–H groups in total. The zero-order valence-corrected chi connectivity index (χ0v) is 10.0. The van der Waals surface area contributed by atoms with Crippen LogP contribution in [0.15, 0.2) is 12.1 Å². The van der Waals surface area contributed by atoms with E-state index in [1.165, 1.54) is 6.07 Å². The molecule has 0 aliphatic carbocycles. The molecule has 0 aromatic heterocycles. The van der Waals surface area contributed by atoms with Gasteiger partial charge in [-0.25, -0.2) is 9.18 Å². The monoisotopic (exact) mass is 319 g/mol. The van der Waals surface area contributed by atoms with Gasteiger partial charge in [-0.3, -0.25) is 0 Å². The average molecular weight is 319 g/mol. The number of benzene rings is 1. The van der Waals surface area contributed by atoms with Crippen LogP contribution < -0.4 is 0 Å². The number of hydrogen-bond donors (Lipinski definition) is 0. The second-order valence-corrected chi connectivity index (χ2v) is 3.73. The van der Waals surface area contributed by atoms with Gasteiger partial charge >= 0.3 is 5.97 Å². The first-order chi connectivity index (χ1) is 7.10. The number of esters is 1. The molecule has 1 aromatic carbocycles. The molecule has 3 nitrogen and oxygen atoms in total. The third-order valence-electron chi connectivity index (χ3n) is 1.65. The molecule has 0 saturated heterocycles.